The lowest BCUT2D eigenvalue weighted by atomic mass is 9.86. The van der Waals surface area contributed by atoms with Crippen molar-refractivity contribution in [3.63, 3.8) is 0 Å². The normalized spacial score (nSPS) is 15.3. The maximum Gasteiger partial charge on any atom is 0.0638 e. The molecule has 0 bridgehead atoms. The van der Waals surface area contributed by atoms with Gasteiger partial charge in [0.05, 0.1) is 19.3 Å². The summed E-state index contributed by atoms with van der Waals surface area (Å²) in [5, 5.41) is 12.6. The van der Waals surface area contributed by atoms with Crippen molar-refractivity contribution in [3.05, 3.63) is 35.4 Å². The third-order valence-corrected chi connectivity index (χ3v) is 3.35. The monoisotopic (exact) mass is 265 g/mol. The average molecular weight is 265 g/mol. The second kappa shape index (κ2) is 7.04. The fraction of sp³-hybridized carbons (Fsp3) is 0.625. The molecule has 2 unspecified atom stereocenters. The van der Waals surface area contributed by atoms with E-state index >= 15 is 0 Å². The minimum Gasteiger partial charge on any atom is -0.395 e. The maximum absolute atomic E-state index is 9.26. The fourth-order valence-corrected chi connectivity index (χ4v) is 2.08. The molecule has 19 heavy (non-hydrogen) atoms. The highest BCUT2D eigenvalue weighted by molar-refractivity contribution is 5.29. The molecule has 0 heterocycles. The summed E-state index contributed by atoms with van der Waals surface area (Å²) in [5.41, 5.74) is 2.74. The number of nitrogens with one attached hydrogen (secondary N) is 1. The van der Waals surface area contributed by atoms with Gasteiger partial charge in [-0.05, 0) is 23.5 Å². The molecule has 0 saturated heterocycles. The Kier molecular flexibility index (Phi) is 5.98. The highest BCUT2D eigenvalue weighted by Crippen LogP contribution is 2.24. The van der Waals surface area contributed by atoms with Crippen molar-refractivity contribution in [1.82, 2.24) is 5.32 Å². The van der Waals surface area contributed by atoms with E-state index in [2.05, 4.69) is 57.3 Å². The van der Waals surface area contributed by atoms with Crippen molar-refractivity contribution in [2.24, 2.45) is 0 Å². The number of methoxy groups -OCH3 is 1. The third-order valence-electron chi connectivity index (χ3n) is 3.35. The Morgan fingerprint density at radius 2 is 1.79 bits per heavy atom. The lowest BCUT2D eigenvalue weighted by molar-refractivity contribution is 0.123. The maximum atomic E-state index is 9.26. The van der Waals surface area contributed by atoms with E-state index in [-0.39, 0.29) is 24.1 Å². The summed E-state index contributed by atoms with van der Waals surface area (Å²) in [5.74, 6) is 0. The SMILES string of the molecule is COCC(CO)NC(C)c1ccc(C(C)(C)C)cc1. The van der Waals surface area contributed by atoms with Gasteiger partial charge in [0.2, 0.25) is 0 Å². The molecule has 2 N–H and O–H groups in total. The molecule has 0 saturated carbocycles. The van der Waals surface area contributed by atoms with E-state index in [0.29, 0.717) is 6.61 Å². The van der Waals surface area contributed by atoms with Gasteiger partial charge in [-0.3, -0.25) is 0 Å². The quantitative estimate of drug-likeness (QED) is 0.831. The highest BCUT2D eigenvalue weighted by atomic mass is 16.5. The molecule has 0 amide bonds. The molecule has 1 aromatic carbocycles. The topological polar surface area (TPSA) is 41.5 Å². The predicted molar refractivity (Wildman–Crippen MR) is 79.4 cm³/mol. The van der Waals surface area contributed by atoms with Gasteiger partial charge < -0.3 is 15.2 Å². The first-order chi connectivity index (χ1) is 8.88. The molecule has 3 heteroatoms. The van der Waals surface area contributed by atoms with E-state index in [9.17, 15) is 5.11 Å². The largest absolute Gasteiger partial charge is 0.395 e. The highest BCUT2D eigenvalue weighted by Gasteiger charge is 2.15. The fourth-order valence-electron chi connectivity index (χ4n) is 2.08. The Balaban J connectivity index is 2.69. The molecule has 0 aliphatic carbocycles. The van der Waals surface area contributed by atoms with Crippen LogP contribution in [0.4, 0.5) is 0 Å². The van der Waals surface area contributed by atoms with Crippen molar-refractivity contribution >= 4 is 0 Å². The Morgan fingerprint density at radius 1 is 1.21 bits per heavy atom. The van der Waals surface area contributed by atoms with E-state index in [0.717, 1.165) is 0 Å². The molecule has 1 rings (SSSR count). The molecular weight excluding hydrogens is 238 g/mol. The van der Waals surface area contributed by atoms with Crippen molar-refractivity contribution in [2.75, 3.05) is 20.3 Å². The summed E-state index contributed by atoms with van der Waals surface area (Å²) in [7, 11) is 1.65. The van der Waals surface area contributed by atoms with Crippen LogP contribution >= 0.6 is 0 Å². The van der Waals surface area contributed by atoms with Gasteiger partial charge in [0, 0.05) is 13.2 Å². The van der Waals surface area contributed by atoms with Gasteiger partial charge in [-0.1, -0.05) is 45.0 Å². The number of ether oxygens (including phenoxy) is 1. The standard InChI is InChI=1S/C16H27NO2/c1-12(17-15(10-18)11-19-5)13-6-8-14(9-7-13)16(2,3)4/h6-9,12,15,17-18H,10-11H2,1-5H3. The first-order valence-corrected chi connectivity index (χ1v) is 6.84. The molecule has 0 spiro atoms. The van der Waals surface area contributed by atoms with Gasteiger partial charge in [0.1, 0.15) is 0 Å². The average Bonchev–Trinajstić information content (AvgIpc) is 2.37. The minimum atomic E-state index is -0.0257. The van der Waals surface area contributed by atoms with Crippen LogP contribution < -0.4 is 5.32 Å². The van der Waals surface area contributed by atoms with Gasteiger partial charge in [-0.2, -0.15) is 0 Å². The number of benzene rings is 1. The molecular formula is C16H27NO2. The third kappa shape index (κ3) is 4.94. The number of aliphatic hydroxyl groups excluding tert-OH is 1. The van der Waals surface area contributed by atoms with Crippen LogP contribution in [0, 0.1) is 0 Å². The summed E-state index contributed by atoms with van der Waals surface area (Å²) in [6.07, 6.45) is 0. The summed E-state index contributed by atoms with van der Waals surface area (Å²) in [4.78, 5) is 0. The van der Waals surface area contributed by atoms with E-state index in [1.807, 2.05) is 0 Å². The van der Waals surface area contributed by atoms with Crippen molar-refractivity contribution in [1.29, 1.82) is 0 Å². The smallest absolute Gasteiger partial charge is 0.0638 e. The Morgan fingerprint density at radius 3 is 2.21 bits per heavy atom. The molecule has 1 aromatic rings. The zero-order valence-corrected chi connectivity index (χ0v) is 12.7. The predicted octanol–water partition coefficient (Wildman–Crippen LogP) is 2.64. The zero-order chi connectivity index (χ0) is 14.5. The van der Waals surface area contributed by atoms with Gasteiger partial charge in [-0.15, -0.1) is 0 Å². The van der Waals surface area contributed by atoms with Crippen LogP contribution in [-0.2, 0) is 10.2 Å². The number of hydrogen-bond acceptors (Lipinski definition) is 3. The summed E-state index contributed by atoms with van der Waals surface area (Å²) >= 11 is 0. The minimum absolute atomic E-state index is 0.0257. The molecule has 2 atom stereocenters. The van der Waals surface area contributed by atoms with Gasteiger partial charge in [-0.25, -0.2) is 0 Å². The van der Waals surface area contributed by atoms with Gasteiger partial charge in [0.15, 0.2) is 0 Å². The second-order valence-corrected chi connectivity index (χ2v) is 6.10. The van der Waals surface area contributed by atoms with Crippen molar-refractivity contribution in [3.8, 4) is 0 Å². The first kappa shape index (κ1) is 16.2. The van der Waals surface area contributed by atoms with Crippen LogP contribution in [-0.4, -0.2) is 31.5 Å². The van der Waals surface area contributed by atoms with Crippen LogP contribution in [0.2, 0.25) is 0 Å². The Labute approximate surface area is 117 Å². The lowest BCUT2D eigenvalue weighted by Gasteiger charge is -2.23. The summed E-state index contributed by atoms with van der Waals surface area (Å²) in [6, 6.07) is 8.83. The molecule has 0 fully saturated rings. The zero-order valence-electron chi connectivity index (χ0n) is 12.7. The molecule has 108 valence electrons. The van der Waals surface area contributed by atoms with Crippen LogP contribution in [0.5, 0.6) is 0 Å². The lowest BCUT2D eigenvalue weighted by Crippen LogP contribution is -2.38. The van der Waals surface area contributed by atoms with Crippen molar-refractivity contribution in [2.45, 2.75) is 45.2 Å². The molecule has 0 aromatic heterocycles. The Hall–Kier alpha value is -0.900. The van der Waals surface area contributed by atoms with Gasteiger partial charge in [0.25, 0.3) is 0 Å². The van der Waals surface area contributed by atoms with Crippen LogP contribution in [0.3, 0.4) is 0 Å². The van der Waals surface area contributed by atoms with E-state index in [1.165, 1.54) is 11.1 Å². The van der Waals surface area contributed by atoms with E-state index in [4.69, 9.17) is 4.74 Å². The van der Waals surface area contributed by atoms with Crippen LogP contribution in [0.15, 0.2) is 24.3 Å². The molecule has 0 aliphatic rings. The van der Waals surface area contributed by atoms with Crippen LogP contribution in [0.25, 0.3) is 0 Å². The Bertz CT molecular complexity index is 367. The van der Waals surface area contributed by atoms with E-state index < -0.39 is 0 Å². The molecule has 0 aliphatic heterocycles. The second-order valence-electron chi connectivity index (χ2n) is 6.10. The number of rotatable bonds is 6. The molecule has 3 nitrogen and oxygen atoms in total. The van der Waals surface area contributed by atoms with Crippen LogP contribution in [0.1, 0.15) is 44.9 Å². The summed E-state index contributed by atoms with van der Waals surface area (Å²) < 4.78 is 5.07. The molecule has 0 radical (unpaired) electrons. The van der Waals surface area contributed by atoms with E-state index in [1.54, 1.807) is 7.11 Å². The number of hydrogen-bond donors (Lipinski definition) is 2. The summed E-state index contributed by atoms with van der Waals surface area (Å²) in [6.45, 7) is 9.34. The van der Waals surface area contributed by atoms with Crippen molar-refractivity contribution < 1.29 is 9.84 Å². The first-order valence-electron chi connectivity index (χ1n) is 6.84. The number of aliphatic hydroxyl groups is 1. The van der Waals surface area contributed by atoms with Gasteiger partial charge >= 0.3 is 0 Å².